The van der Waals surface area contributed by atoms with Crippen molar-refractivity contribution in [3.8, 4) is 11.5 Å². The standard InChI is InChI=1S/C35H39ClN2O9/c1-21(39)37(17-16-23-10-12-24(13-11-23)34(42)43)33-32(41)38(19-35(3,4)20-46-22(2)40)28-15-14-25(36)18-27(28)30(47-33)26-8-7-9-29(44-5)31(26)45-6/h7-15,18,30,33H,16-17,19-20H2,1-6H3,(H,42,43)/t30-,33-/m1/s1. The van der Waals surface area contributed by atoms with E-state index in [4.69, 9.17) is 30.5 Å². The number of anilines is 1. The molecule has 0 aromatic heterocycles. The number of benzene rings is 3. The molecule has 0 unspecified atom stereocenters. The van der Waals surface area contributed by atoms with E-state index >= 15 is 0 Å². The highest BCUT2D eigenvalue weighted by molar-refractivity contribution is 6.30. The fourth-order valence-corrected chi connectivity index (χ4v) is 5.68. The van der Waals surface area contributed by atoms with Gasteiger partial charge in [-0.2, -0.15) is 0 Å². The van der Waals surface area contributed by atoms with Crippen LogP contribution in [0.5, 0.6) is 11.5 Å². The molecule has 11 nitrogen and oxygen atoms in total. The molecule has 3 aromatic carbocycles. The minimum absolute atomic E-state index is 0.0382. The van der Waals surface area contributed by atoms with Crippen LogP contribution in [0.3, 0.4) is 0 Å². The van der Waals surface area contributed by atoms with Crippen molar-refractivity contribution in [2.24, 2.45) is 5.41 Å². The maximum atomic E-state index is 14.7. The highest BCUT2D eigenvalue weighted by atomic mass is 35.5. The highest BCUT2D eigenvalue weighted by Crippen LogP contribution is 2.45. The lowest BCUT2D eigenvalue weighted by Crippen LogP contribution is -2.53. The first-order valence-electron chi connectivity index (χ1n) is 15.0. The number of hydrogen-bond acceptors (Lipinski definition) is 8. The first kappa shape index (κ1) is 35.2. The number of amides is 2. The van der Waals surface area contributed by atoms with E-state index in [0.29, 0.717) is 39.8 Å². The number of carboxylic acids is 1. The minimum Gasteiger partial charge on any atom is -0.493 e. The summed E-state index contributed by atoms with van der Waals surface area (Å²) >= 11 is 6.54. The molecule has 1 aliphatic rings. The van der Waals surface area contributed by atoms with E-state index < -0.39 is 41.5 Å². The lowest BCUT2D eigenvalue weighted by atomic mass is 9.92. The van der Waals surface area contributed by atoms with Crippen molar-refractivity contribution in [3.05, 3.63) is 87.9 Å². The molecule has 2 amide bonds. The summed E-state index contributed by atoms with van der Waals surface area (Å²) < 4.78 is 23.4. The normalized spacial score (nSPS) is 16.1. The number of carbonyl (C=O) groups is 4. The Morgan fingerprint density at radius 2 is 1.70 bits per heavy atom. The zero-order chi connectivity index (χ0) is 34.5. The number of esters is 1. The Hall–Kier alpha value is -4.61. The number of aromatic carboxylic acids is 1. The molecular formula is C35H39ClN2O9. The van der Waals surface area contributed by atoms with Crippen molar-refractivity contribution in [1.82, 2.24) is 4.90 Å². The summed E-state index contributed by atoms with van der Waals surface area (Å²) in [4.78, 5) is 53.9. The van der Waals surface area contributed by atoms with Gasteiger partial charge in [0, 0.05) is 48.5 Å². The summed E-state index contributed by atoms with van der Waals surface area (Å²) in [7, 11) is 3.01. The molecule has 2 atom stereocenters. The molecule has 0 radical (unpaired) electrons. The number of methoxy groups -OCH3 is 2. The summed E-state index contributed by atoms with van der Waals surface area (Å²) in [6, 6.07) is 16.7. The van der Waals surface area contributed by atoms with Crippen LogP contribution in [0.1, 0.15) is 60.8 Å². The Bertz CT molecular complexity index is 1640. The second-order valence-electron chi connectivity index (χ2n) is 12.0. The van der Waals surface area contributed by atoms with Gasteiger partial charge in [0.25, 0.3) is 5.91 Å². The predicted molar refractivity (Wildman–Crippen MR) is 175 cm³/mol. The predicted octanol–water partition coefficient (Wildman–Crippen LogP) is 5.51. The van der Waals surface area contributed by atoms with Crippen molar-refractivity contribution >= 4 is 41.0 Å². The van der Waals surface area contributed by atoms with Crippen LogP contribution in [0.25, 0.3) is 0 Å². The smallest absolute Gasteiger partial charge is 0.335 e. The molecule has 250 valence electrons. The van der Waals surface area contributed by atoms with Gasteiger partial charge in [-0.15, -0.1) is 0 Å². The number of halogens is 1. The van der Waals surface area contributed by atoms with E-state index in [-0.39, 0.29) is 25.3 Å². The highest BCUT2D eigenvalue weighted by Gasteiger charge is 2.43. The maximum Gasteiger partial charge on any atom is 0.335 e. The van der Waals surface area contributed by atoms with Crippen molar-refractivity contribution in [1.29, 1.82) is 0 Å². The van der Waals surface area contributed by atoms with Crippen LogP contribution in [-0.4, -0.2) is 73.9 Å². The summed E-state index contributed by atoms with van der Waals surface area (Å²) in [6.45, 7) is 6.64. The summed E-state index contributed by atoms with van der Waals surface area (Å²) in [5, 5.41) is 9.68. The molecule has 4 rings (SSSR count). The molecular weight excluding hydrogens is 628 g/mol. The maximum absolute atomic E-state index is 14.7. The van der Waals surface area contributed by atoms with Gasteiger partial charge in [-0.05, 0) is 48.4 Å². The van der Waals surface area contributed by atoms with E-state index in [1.54, 1.807) is 53.4 Å². The number of para-hydroxylation sites is 1. The van der Waals surface area contributed by atoms with E-state index in [1.165, 1.54) is 45.1 Å². The van der Waals surface area contributed by atoms with Crippen LogP contribution in [0.15, 0.2) is 60.7 Å². The van der Waals surface area contributed by atoms with Crippen LogP contribution < -0.4 is 14.4 Å². The summed E-state index contributed by atoms with van der Waals surface area (Å²) in [5.41, 5.74) is 1.79. The average Bonchev–Trinajstić information content (AvgIpc) is 3.13. The monoisotopic (exact) mass is 666 g/mol. The van der Waals surface area contributed by atoms with E-state index in [0.717, 1.165) is 5.56 Å². The van der Waals surface area contributed by atoms with Gasteiger partial charge >= 0.3 is 11.9 Å². The summed E-state index contributed by atoms with van der Waals surface area (Å²) in [6.07, 6.45) is -2.03. The summed E-state index contributed by atoms with van der Waals surface area (Å²) in [5.74, 6) is -1.59. The zero-order valence-electron chi connectivity index (χ0n) is 27.2. The van der Waals surface area contributed by atoms with Crippen LogP contribution in [0.2, 0.25) is 5.02 Å². The fourth-order valence-electron chi connectivity index (χ4n) is 5.50. The lowest BCUT2D eigenvalue weighted by molar-refractivity contribution is -0.161. The molecule has 0 aliphatic carbocycles. The van der Waals surface area contributed by atoms with Gasteiger partial charge in [0.05, 0.1) is 32.1 Å². The van der Waals surface area contributed by atoms with Gasteiger partial charge in [0.1, 0.15) is 6.10 Å². The van der Waals surface area contributed by atoms with Gasteiger partial charge in [-0.3, -0.25) is 14.4 Å². The van der Waals surface area contributed by atoms with E-state index in [1.807, 2.05) is 13.8 Å². The number of carbonyl (C=O) groups excluding carboxylic acids is 3. The molecule has 1 N–H and O–H groups in total. The number of nitrogens with zero attached hydrogens (tertiary/aromatic N) is 2. The zero-order valence-corrected chi connectivity index (χ0v) is 28.0. The van der Waals surface area contributed by atoms with Crippen LogP contribution in [0.4, 0.5) is 5.69 Å². The van der Waals surface area contributed by atoms with Crippen molar-refractivity contribution < 1.29 is 43.2 Å². The first-order chi connectivity index (χ1) is 22.3. The quantitative estimate of drug-likeness (QED) is 0.248. The Kier molecular flexibility index (Phi) is 11.2. The fraction of sp³-hybridized carbons (Fsp3) is 0.371. The Balaban J connectivity index is 1.86. The Morgan fingerprint density at radius 3 is 2.30 bits per heavy atom. The van der Waals surface area contributed by atoms with Crippen molar-refractivity contribution in [2.75, 3.05) is 38.8 Å². The molecule has 0 saturated heterocycles. The van der Waals surface area contributed by atoms with Gasteiger partial charge in [0.15, 0.2) is 11.5 Å². The van der Waals surface area contributed by atoms with Crippen molar-refractivity contribution in [2.45, 2.75) is 46.4 Å². The SMILES string of the molecule is COc1cccc([C@H]2O[C@@H](N(CCc3ccc(C(=O)O)cc3)C(C)=O)C(=O)N(CC(C)(C)COC(C)=O)c3ccc(Cl)cc32)c1OC. The van der Waals surface area contributed by atoms with E-state index in [2.05, 4.69) is 0 Å². The molecule has 0 bridgehead atoms. The number of fused-ring (bicyclic) bond motifs is 1. The number of hydrogen-bond donors (Lipinski definition) is 1. The van der Waals surface area contributed by atoms with Gasteiger partial charge in [-0.1, -0.05) is 49.7 Å². The number of ether oxygens (including phenoxy) is 4. The third kappa shape index (κ3) is 8.22. The lowest BCUT2D eigenvalue weighted by Gasteiger charge is -2.36. The molecule has 3 aromatic rings. The number of rotatable bonds is 12. The van der Waals surface area contributed by atoms with Crippen LogP contribution >= 0.6 is 11.6 Å². The van der Waals surface area contributed by atoms with Crippen molar-refractivity contribution in [3.63, 3.8) is 0 Å². The second-order valence-corrected chi connectivity index (χ2v) is 12.4. The van der Waals surface area contributed by atoms with Crippen LogP contribution in [-0.2, 0) is 30.3 Å². The van der Waals surface area contributed by atoms with Gasteiger partial charge < -0.3 is 33.9 Å². The van der Waals surface area contributed by atoms with E-state index in [9.17, 15) is 24.3 Å². The van der Waals surface area contributed by atoms with Gasteiger partial charge in [0.2, 0.25) is 12.1 Å². The van der Waals surface area contributed by atoms with Gasteiger partial charge in [-0.25, -0.2) is 4.79 Å². The largest absolute Gasteiger partial charge is 0.493 e. The molecule has 47 heavy (non-hydrogen) atoms. The third-order valence-corrected chi connectivity index (χ3v) is 8.04. The molecule has 1 aliphatic heterocycles. The molecule has 0 fully saturated rings. The second kappa shape index (κ2) is 14.9. The Morgan fingerprint density at radius 1 is 1.00 bits per heavy atom. The first-order valence-corrected chi connectivity index (χ1v) is 15.3. The molecule has 0 saturated carbocycles. The topological polar surface area (TPSA) is 132 Å². The number of carboxylic acid groups (broad SMARTS) is 1. The third-order valence-electron chi connectivity index (χ3n) is 7.80. The molecule has 0 spiro atoms. The molecule has 1 heterocycles. The minimum atomic E-state index is -1.40. The van der Waals surface area contributed by atoms with Crippen LogP contribution in [0, 0.1) is 5.41 Å². The average molecular weight is 667 g/mol. The molecule has 12 heteroatoms. The Labute approximate surface area is 278 Å².